The van der Waals surface area contributed by atoms with E-state index < -0.39 is 21.8 Å². The zero-order valence-corrected chi connectivity index (χ0v) is 8.77. The first kappa shape index (κ1) is 6.50. The molecule has 1 saturated heterocycles. The summed E-state index contributed by atoms with van der Waals surface area (Å²) in [5.74, 6) is 2.49. The van der Waals surface area contributed by atoms with Gasteiger partial charge < -0.3 is 0 Å². The van der Waals surface area contributed by atoms with E-state index in [2.05, 4.69) is 0 Å². The van der Waals surface area contributed by atoms with Crippen molar-refractivity contribution in [1.29, 1.82) is 0 Å². The molecule has 1 aliphatic heterocycles. The summed E-state index contributed by atoms with van der Waals surface area (Å²) in [4.78, 5) is 0. The van der Waals surface area contributed by atoms with Crippen LogP contribution >= 0.6 is 20.3 Å². The van der Waals surface area contributed by atoms with Gasteiger partial charge in [-0.1, -0.05) is 0 Å². The number of rotatable bonds is 2. The van der Waals surface area contributed by atoms with E-state index >= 15 is 0 Å². The summed E-state index contributed by atoms with van der Waals surface area (Å²) in [6.45, 7) is 0. The van der Waals surface area contributed by atoms with Crippen LogP contribution in [0, 0.1) is 0 Å². The molecule has 0 atom stereocenters. The van der Waals surface area contributed by atoms with Gasteiger partial charge >= 0.3 is 61.6 Å². The average Bonchev–Trinajstić information content (AvgIpc) is 1.55. The summed E-state index contributed by atoms with van der Waals surface area (Å²) in [5, 5.41) is 0.777. The fraction of sp³-hybridized carbons (Fsp3) is 1.00. The Morgan fingerprint density at radius 3 is 2.57 bits per heavy atom. The van der Waals surface area contributed by atoms with Crippen molar-refractivity contribution in [3.8, 4) is 0 Å². The van der Waals surface area contributed by atoms with E-state index in [-0.39, 0.29) is 0 Å². The minimum absolute atomic E-state index is 0.777. The van der Waals surface area contributed by atoms with Gasteiger partial charge in [0.2, 0.25) is 0 Å². The van der Waals surface area contributed by atoms with Crippen LogP contribution in [-0.4, -0.2) is 38.5 Å². The quantitative estimate of drug-likeness (QED) is 0.698. The zero-order valence-electron chi connectivity index (χ0n) is 3.66. The van der Waals surface area contributed by atoms with Gasteiger partial charge in [-0.3, -0.25) is 0 Å². The Morgan fingerprint density at radius 2 is 2.43 bits per heavy atom. The summed E-state index contributed by atoms with van der Waals surface area (Å²) >= 11 is 0.718. The monoisotopic (exact) mass is 330 g/mol. The average molecular weight is 330 g/mol. The summed E-state index contributed by atoms with van der Waals surface area (Å²) in [6, 6.07) is 0. The van der Waals surface area contributed by atoms with Gasteiger partial charge in [-0.2, -0.15) is 0 Å². The molecular formula is C3H5BiOS2. The molecule has 4 heteroatoms. The molecule has 0 aliphatic carbocycles. The second-order valence-electron chi connectivity index (χ2n) is 1.34. The van der Waals surface area contributed by atoms with Crippen molar-refractivity contribution >= 4 is 42.1 Å². The van der Waals surface area contributed by atoms with Crippen LogP contribution in [0.3, 0.4) is 0 Å². The van der Waals surface area contributed by atoms with Crippen LogP contribution in [0.25, 0.3) is 0 Å². The van der Waals surface area contributed by atoms with E-state index in [1.807, 2.05) is 11.8 Å². The molecular weight excluding hydrogens is 325 g/mol. The molecule has 0 radical (unpaired) electrons. The van der Waals surface area contributed by atoms with Gasteiger partial charge in [-0.15, -0.1) is 0 Å². The van der Waals surface area contributed by atoms with Gasteiger partial charge in [0.05, 0.1) is 0 Å². The summed E-state index contributed by atoms with van der Waals surface area (Å²) in [6.07, 6.45) is 0. The topological polar surface area (TPSA) is 17.1 Å². The number of hydrogen-bond donors (Lipinski definition) is 0. The first-order valence-electron chi connectivity index (χ1n) is 1.99. The van der Waals surface area contributed by atoms with Crippen LogP contribution in [-0.2, 0) is 2.81 Å². The van der Waals surface area contributed by atoms with E-state index in [9.17, 15) is 2.81 Å². The van der Waals surface area contributed by atoms with Crippen molar-refractivity contribution in [3.63, 3.8) is 0 Å². The molecule has 0 unspecified atom stereocenters. The van der Waals surface area contributed by atoms with Crippen molar-refractivity contribution in [1.82, 2.24) is 0 Å². The van der Waals surface area contributed by atoms with Gasteiger partial charge in [0.1, 0.15) is 0 Å². The van der Waals surface area contributed by atoms with Gasteiger partial charge in [0.15, 0.2) is 0 Å². The summed E-state index contributed by atoms with van der Waals surface area (Å²) in [7, 11) is 1.72. The van der Waals surface area contributed by atoms with Crippen LogP contribution in [0.5, 0.6) is 0 Å². The third kappa shape index (κ3) is 1.98. The summed E-state index contributed by atoms with van der Waals surface area (Å²) in [5.41, 5.74) is 0. The molecule has 0 bridgehead atoms. The molecule has 0 aromatic rings. The summed E-state index contributed by atoms with van der Waals surface area (Å²) < 4.78 is 10.1. The predicted molar refractivity (Wildman–Crippen MR) is 35.1 cm³/mol. The molecule has 0 aromatic carbocycles. The normalized spacial score (nSPS) is 21.1. The van der Waals surface area contributed by atoms with E-state index in [1.165, 1.54) is 11.5 Å². The van der Waals surface area contributed by atoms with Crippen LogP contribution in [0.2, 0.25) is 0 Å². The molecule has 1 aliphatic rings. The maximum absolute atomic E-state index is 10.1. The zero-order chi connectivity index (χ0) is 5.11. The molecule has 1 fully saturated rings. The maximum atomic E-state index is 10.1. The Bertz CT molecular complexity index is 73.3. The van der Waals surface area contributed by atoms with Crippen molar-refractivity contribution in [2.24, 2.45) is 0 Å². The van der Waals surface area contributed by atoms with Gasteiger partial charge in [-0.25, -0.2) is 0 Å². The van der Waals surface area contributed by atoms with Crippen molar-refractivity contribution < 1.29 is 2.81 Å². The van der Waals surface area contributed by atoms with E-state index in [1.54, 1.807) is 8.52 Å². The van der Waals surface area contributed by atoms with Crippen LogP contribution in [0.15, 0.2) is 0 Å². The third-order valence-electron chi connectivity index (χ3n) is 0.800. The van der Waals surface area contributed by atoms with E-state index in [4.69, 9.17) is 0 Å². The Labute approximate surface area is 61.3 Å². The fourth-order valence-corrected chi connectivity index (χ4v) is 7.63. The van der Waals surface area contributed by atoms with Gasteiger partial charge in [0.25, 0.3) is 0 Å². The molecule has 7 heavy (non-hydrogen) atoms. The number of thioether (sulfide) groups is 1. The molecule has 0 N–H and O–H groups in total. The standard InChI is InChI=1S/C3H6S2.Bi.O/c4-3-1-5-2-3;;/h3-4H,1-2H2;;/q;+1;/p-1. The molecule has 40 valence electrons. The minimum atomic E-state index is -1.24. The fourth-order valence-electron chi connectivity index (χ4n) is 0.336. The second-order valence-corrected chi connectivity index (χ2v) is 7.64. The van der Waals surface area contributed by atoms with Crippen LogP contribution in [0.4, 0.5) is 0 Å². The predicted octanol–water partition coefficient (Wildman–Crippen LogP) is 0.800. The van der Waals surface area contributed by atoms with Crippen LogP contribution < -0.4 is 0 Å². The Hall–Kier alpha value is 1.38. The molecule has 0 spiro atoms. The van der Waals surface area contributed by atoms with Crippen molar-refractivity contribution in [3.05, 3.63) is 0 Å². The third-order valence-corrected chi connectivity index (χ3v) is 7.70. The molecule has 1 heterocycles. The molecule has 0 amide bonds. The van der Waals surface area contributed by atoms with Crippen LogP contribution in [0.1, 0.15) is 0 Å². The molecule has 1 nitrogen and oxygen atoms in total. The second kappa shape index (κ2) is 3.42. The first-order chi connectivity index (χ1) is 3.43. The van der Waals surface area contributed by atoms with Crippen molar-refractivity contribution in [2.75, 3.05) is 11.5 Å². The number of hydrogen-bond acceptors (Lipinski definition) is 3. The van der Waals surface area contributed by atoms with E-state index in [0.29, 0.717) is 0 Å². The van der Waals surface area contributed by atoms with E-state index in [0.717, 1.165) is 5.25 Å². The molecule has 1 rings (SSSR count). The Kier molecular flexibility index (Phi) is 3.17. The SMILES string of the molecule is [O]=[Bi][S]C1CSC1. The van der Waals surface area contributed by atoms with Crippen molar-refractivity contribution in [2.45, 2.75) is 5.25 Å². The molecule has 0 saturated carbocycles. The van der Waals surface area contributed by atoms with Gasteiger partial charge in [-0.05, 0) is 0 Å². The van der Waals surface area contributed by atoms with Gasteiger partial charge in [0, 0.05) is 0 Å². The molecule has 0 aromatic heterocycles. The first-order valence-corrected chi connectivity index (χ1v) is 9.66. The Balaban J connectivity index is 2.03. The Morgan fingerprint density at radius 1 is 1.71 bits per heavy atom.